The van der Waals surface area contributed by atoms with Gasteiger partial charge in [0.1, 0.15) is 5.82 Å². The number of urea groups is 1. The number of piperidine rings is 1. The summed E-state index contributed by atoms with van der Waals surface area (Å²) < 4.78 is 15.8. The van der Waals surface area contributed by atoms with Crippen LogP contribution in [0, 0.1) is 5.82 Å². The fraction of sp³-hybridized carbons (Fsp3) is 0.474. The summed E-state index contributed by atoms with van der Waals surface area (Å²) in [4.78, 5) is 20.7. The summed E-state index contributed by atoms with van der Waals surface area (Å²) >= 11 is 5.75. The molecule has 2 fully saturated rings. The number of hydrogen-bond donors (Lipinski definition) is 1. The number of anilines is 1. The molecule has 2 saturated heterocycles. The number of imidazole rings is 1. The van der Waals surface area contributed by atoms with Crippen molar-refractivity contribution in [3.63, 3.8) is 0 Å². The smallest absolute Gasteiger partial charge is 0.317 e. The summed E-state index contributed by atoms with van der Waals surface area (Å²) in [6, 6.07) is 5.32. The van der Waals surface area contributed by atoms with Crippen LogP contribution in [0.25, 0.3) is 0 Å². The Labute approximate surface area is 162 Å². The third-order valence-electron chi connectivity index (χ3n) is 5.48. The number of nitrogens with zero attached hydrogens (tertiary/aromatic N) is 4. The predicted molar refractivity (Wildman–Crippen MR) is 103 cm³/mol. The number of halogens is 2. The average Bonchev–Trinajstić information content (AvgIpc) is 3.36. The first kappa shape index (κ1) is 18.1. The van der Waals surface area contributed by atoms with Gasteiger partial charge in [-0.25, -0.2) is 14.2 Å². The van der Waals surface area contributed by atoms with Gasteiger partial charge in [-0.2, -0.15) is 0 Å². The lowest BCUT2D eigenvalue weighted by atomic mass is 10.1. The summed E-state index contributed by atoms with van der Waals surface area (Å²) in [5, 5.41) is 3.26. The van der Waals surface area contributed by atoms with Crippen LogP contribution >= 0.6 is 11.6 Å². The van der Waals surface area contributed by atoms with Gasteiger partial charge in [0.05, 0.1) is 11.3 Å². The number of likely N-dealkylation sites (tertiary alicyclic amines) is 1. The molecule has 0 bridgehead atoms. The quantitative estimate of drug-likeness (QED) is 0.873. The van der Waals surface area contributed by atoms with Gasteiger partial charge in [0.2, 0.25) is 0 Å². The molecule has 0 aliphatic carbocycles. The number of carbonyl (C=O) groups is 1. The number of nitrogens with one attached hydrogen (secondary N) is 1. The van der Waals surface area contributed by atoms with Crippen LogP contribution in [0.5, 0.6) is 0 Å². The topological polar surface area (TPSA) is 53.4 Å². The minimum absolute atomic E-state index is 0.00628. The highest BCUT2D eigenvalue weighted by Crippen LogP contribution is 2.26. The van der Waals surface area contributed by atoms with Crippen LogP contribution in [0.1, 0.15) is 25.3 Å². The second-order valence-electron chi connectivity index (χ2n) is 7.21. The molecule has 0 saturated carbocycles. The van der Waals surface area contributed by atoms with Gasteiger partial charge in [-0.05, 0) is 37.5 Å². The monoisotopic (exact) mass is 391 g/mol. The lowest BCUT2D eigenvalue weighted by Crippen LogP contribution is -2.48. The van der Waals surface area contributed by atoms with E-state index >= 15 is 0 Å². The van der Waals surface area contributed by atoms with E-state index < -0.39 is 5.82 Å². The highest BCUT2D eigenvalue weighted by Gasteiger charge is 2.28. The molecule has 27 heavy (non-hydrogen) atoms. The Hall–Kier alpha value is -2.28. The van der Waals surface area contributed by atoms with Crippen LogP contribution in [0.15, 0.2) is 36.9 Å². The van der Waals surface area contributed by atoms with Gasteiger partial charge in [0.15, 0.2) is 0 Å². The zero-order valence-corrected chi connectivity index (χ0v) is 15.8. The SMILES string of the molecule is O=C(NC1CCN(c2ccc(Cl)c(F)c2)C1)N1CCC(n2ccnc2)CC1. The Kier molecular flexibility index (Phi) is 5.20. The van der Waals surface area contributed by atoms with Crippen molar-refractivity contribution in [1.82, 2.24) is 19.8 Å². The molecule has 1 aromatic heterocycles. The van der Waals surface area contributed by atoms with E-state index in [2.05, 4.69) is 19.8 Å². The van der Waals surface area contributed by atoms with Gasteiger partial charge in [0.25, 0.3) is 0 Å². The minimum atomic E-state index is -0.414. The highest BCUT2D eigenvalue weighted by atomic mass is 35.5. The van der Waals surface area contributed by atoms with Crippen molar-refractivity contribution in [3.05, 3.63) is 47.8 Å². The Morgan fingerprint density at radius 1 is 1.22 bits per heavy atom. The zero-order valence-electron chi connectivity index (χ0n) is 15.0. The maximum Gasteiger partial charge on any atom is 0.317 e. The van der Waals surface area contributed by atoms with Crippen LogP contribution < -0.4 is 10.2 Å². The molecular formula is C19H23ClFN5O. The molecule has 2 aliphatic heterocycles. The van der Waals surface area contributed by atoms with E-state index in [1.807, 2.05) is 23.5 Å². The summed E-state index contributed by atoms with van der Waals surface area (Å²) in [6.07, 6.45) is 8.33. The predicted octanol–water partition coefficient (Wildman–Crippen LogP) is 3.30. The second-order valence-corrected chi connectivity index (χ2v) is 7.61. The van der Waals surface area contributed by atoms with Crippen molar-refractivity contribution < 1.29 is 9.18 Å². The van der Waals surface area contributed by atoms with Gasteiger partial charge < -0.3 is 19.7 Å². The molecule has 144 valence electrons. The molecule has 1 unspecified atom stereocenters. The second kappa shape index (κ2) is 7.76. The molecule has 1 aromatic carbocycles. The Morgan fingerprint density at radius 2 is 2.04 bits per heavy atom. The van der Waals surface area contributed by atoms with Gasteiger partial charge in [-0.3, -0.25) is 0 Å². The normalized spacial score (nSPS) is 20.9. The third kappa shape index (κ3) is 4.03. The molecule has 6 nitrogen and oxygen atoms in total. The molecule has 1 N–H and O–H groups in total. The van der Waals surface area contributed by atoms with Gasteiger partial charge in [-0.15, -0.1) is 0 Å². The minimum Gasteiger partial charge on any atom is -0.369 e. The molecule has 0 radical (unpaired) electrons. The molecule has 2 aromatic rings. The number of aromatic nitrogens is 2. The van der Waals surface area contributed by atoms with Crippen molar-refractivity contribution >= 4 is 23.3 Å². The van der Waals surface area contributed by atoms with Crippen molar-refractivity contribution in [2.45, 2.75) is 31.3 Å². The van der Waals surface area contributed by atoms with Crippen molar-refractivity contribution in [2.75, 3.05) is 31.1 Å². The fourth-order valence-corrected chi connectivity index (χ4v) is 4.03. The lowest BCUT2D eigenvalue weighted by Gasteiger charge is -2.33. The molecule has 8 heteroatoms. The van der Waals surface area contributed by atoms with Crippen LogP contribution in [-0.2, 0) is 0 Å². The molecule has 2 amide bonds. The van der Waals surface area contributed by atoms with Crippen molar-refractivity contribution in [3.8, 4) is 0 Å². The Morgan fingerprint density at radius 3 is 2.74 bits per heavy atom. The molecule has 1 atom stereocenters. The first-order valence-corrected chi connectivity index (χ1v) is 9.71. The number of amides is 2. The molecule has 0 spiro atoms. The van der Waals surface area contributed by atoms with Gasteiger partial charge in [0, 0.05) is 56.3 Å². The van der Waals surface area contributed by atoms with E-state index in [1.165, 1.54) is 6.07 Å². The number of hydrogen-bond acceptors (Lipinski definition) is 3. The van der Waals surface area contributed by atoms with Crippen LogP contribution in [0.2, 0.25) is 5.02 Å². The van der Waals surface area contributed by atoms with Crippen molar-refractivity contribution in [1.29, 1.82) is 0 Å². The van der Waals surface area contributed by atoms with Crippen molar-refractivity contribution in [2.24, 2.45) is 0 Å². The molecule has 3 heterocycles. The van der Waals surface area contributed by atoms with E-state index in [0.29, 0.717) is 12.6 Å². The van der Waals surface area contributed by atoms with Crippen LogP contribution in [0.3, 0.4) is 0 Å². The van der Waals surface area contributed by atoms with E-state index in [9.17, 15) is 9.18 Å². The van der Waals surface area contributed by atoms with Gasteiger partial charge in [-0.1, -0.05) is 11.6 Å². The first-order chi connectivity index (χ1) is 13.1. The van der Waals surface area contributed by atoms with E-state index in [1.54, 1.807) is 12.3 Å². The zero-order chi connectivity index (χ0) is 18.8. The van der Waals surface area contributed by atoms with E-state index in [0.717, 1.165) is 44.6 Å². The summed E-state index contributed by atoms with van der Waals surface area (Å²) in [6.45, 7) is 2.95. The standard InChI is InChI=1S/C19H23ClFN5O/c20-17-2-1-16(11-18(17)21)25-7-3-14(12-25)23-19(27)24-8-4-15(5-9-24)26-10-6-22-13-26/h1-2,6,10-11,13-15H,3-5,7-9,12H2,(H,23,27). The number of carbonyl (C=O) groups excluding carboxylic acids is 1. The average molecular weight is 392 g/mol. The summed E-state index contributed by atoms with van der Waals surface area (Å²) in [7, 11) is 0. The van der Waals surface area contributed by atoms with Crippen LogP contribution in [0.4, 0.5) is 14.9 Å². The van der Waals surface area contributed by atoms with Crippen LogP contribution in [-0.4, -0.2) is 52.7 Å². The first-order valence-electron chi connectivity index (χ1n) is 9.33. The third-order valence-corrected chi connectivity index (χ3v) is 5.79. The van der Waals surface area contributed by atoms with E-state index in [-0.39, 0.29) is 17.1 Å². The molecule has 4 rings (SSSR count). The number of benzene rings is 1. The summed E-state index contributed by atoms with van der Waals surface area (Å²) in [5.74, 6) is -0.414. The maximum atomic E-state index is 13.7. The number of rotatable bonds is 3. The highest BCUT2D eigenvalue weighted by molar-refractivity contribution is 6.30. The molecular weight excluding hydrogens is 369 g/mol. The summed E-state index contributed by atoms with van der Waals surface area (Å²) in [5.41, 5.74) is 0.801. The maximum absolute atomic E-state index is 13.7. The Balaban J connectivity index is 1.27. The molecule has 2 aliphatic rings. The Bertz CT molecular complexity index is 791. The van der Waals surface area contributed by atoms with E-state index in [4.69, 9.17) is 11.6 Å². The fourth-order valence-electron chi connectivity index (χ4n) is 3.91. The lowest BCUT2D eigenvalue weighted by molar-refractivity contribution is 0.169. The van der Waals surface area contributed by atoms with Gasteiger partial charge >= 0.3 is 6.03 Å². The largest absolute Gasteiger partial charge is 0.369 e.